The zero-order valence-corrected chi connectivity index (χ0v) is 9.94. The monoisotopic (exact) mass is 221 g/mol. The Hall–Kier alpha value is -0.640. The zero-order valence-electron chi connectivity index (χ0n) is 9.94. The Balaban J connectivity index is 0. The molecule has 1 saturated heterocycles. The van der Waals surface area contributed by atoms with Crippen molar-refractivity contribution in [3.8, 4) is 0 Å². The summed E-state index contributed by atoms with van der Waals surface area (Å²) in [6.07, 6.45) is 1.84. The van der Waals surface area contributed by atoms with Gasteiger partial charge in [-0.3, -0.25) is 9.18 Å². The minimum absolute atomic E-state index is 0. The molecular formula is C11H24FNO2. The zero-order chi connectivity index (χ0) is 11.7. The molecule has 0 aromatic rings. The molecule has 1 aliphatic rings. The van der Waals surface area contributed by atoms with Crippen LogP contribution in [0, 0.1) is 0 Å². The molecule has 0 aromatic carbocycles. The summed E-state index contributed by atoms with van der Waals surface area (Å²) in [5, 5.41) is 2.84. The van der Waals surface area contributed by atoms with E-state index < -0.39 is 0 Å². The van der Waals surface area contributed by atoms with Crippen molar-refractivity contribution < 1.29 is 15.3 Å². The largest absolute Gasteiger partial charge is 0.381 e. The maximum absolute atomic E-state index is 12.3. The lowest BCUT2D eigenvalue weighted by molar-refractivity contribution is -0.122. The summed E-state index contributed by atoms with van der Waals surface area (Å²) >= 11 is 0. The van der Waals surface area contributed by atoms with E-state index in [2.05, 4.69) is 5.32 Å². The second-order valence-corrected chi connectivity index (χ2v) is 3.51. The van der Waals surface area contributed by atoms with Crippen LogP contribution in [0.5, 0.6) is 0 Å². The van der Waals surface area contributed by atoms with E-state index in [4.69, 9.17) is 4.74 Å². The Morgan fingerprint density at radius 2 is 2.00 bits per heavy atom. The van der Waals surface area contributed by atoms with E-state index in [-0.39, 0.29) is 19.5 Å². The summed E-state index contributed by atoms with van der Waals surface area (Å²) in [4.78, 5) is 10.9. The van der Waals surface area contributed by atoms with Gasteiger partial charge < -0.3 is 10.1 Å². The van der Waals surface area contributed by atoms with Crippen LogP contribution < -0.4 is 5.32 Å². The van der Waals surface area contributed by atoms with Crippen molar-refractivity contribution in [1.29, 1.82) is 0 Å². The quantitative estimate of drug-likeness (QED) is 0.794. The maximum atomic E-state index is 12.3. The maximum Gasteiger partial charge on any atom is 0.217 e. The predicted octanol–water partition coefficient (Wildman–Crippen LogP) is 2.30. The number of carbonyl (C=O) groups excluding carboxylic acids is 1. The van der Waals surface area contributed by atoms with E-state index in [1.165, 1.54) is 6.92 Å². The first-order chi connectivity index (χ1) is 7.18. The molecule has 1 rings (SSSR count). The highest BCUT2D eigenvalue weighted by Crippen LogP contribution is 2.24. The van der Waals surface area contributed by atoms with Gasteiger partial charge in [0.2, 0.25) is 5.91 Å². The van der Waals surface area contributed by atoms with Crippen molar-refractivity contribution in [3.05, 3.63) is 0 Å². The number of rotatable bonds is 3. The molecule has 1 fully saturated rings. The summed E-state index contributed by atoms with van der Waals surface area (Å²) in [5.74, 6) is -0.0876. The van der Waals surface area contributed by atoms with Gasteiger partial charge in [0.15, 0.2) is 0 Å². The fourth-order valence-corrected chi connectivity index (χ4v) is 1.75. The molecule has 1 N–H and O–H groups in total. The van der Waals surface area contributed by atoms with E-state index in [0.717, 1.165) is 12.8 Å². The lowest BCUT2D eigenvalue weighted by atomic mass is 9.87. The Morgan fingerprint density at radius 1 is 1.47 bits per heavy atom. The Kier molecular flexibility index (Phi) is 7.30. The molecule has 15 heavy (non-hydrogen) atoms. The van der Waals surface area contributed by atoms with Gasteiger partial charge in [0.25, 0.3) is 0 Å². The van der Waals surface area contributed by atoms with Crippen molar-refractivity contribution >= 4 is 5.91 Å². The van der Waals surface area contributed by atoms with Crippen molar-refractivity contribution in [3.63, 3.8) is 0 Å². The van der Waals surface area contributed by atoms with Crippen molar-refractivity contribution in [2.75, 3.05) is 19.9 Å². The Labute approximate surface area is 92.9 Å². The normalized spacial score (nSPS) is 18.7. The second kappa shape index (κ2) is 7.63. The molecule has 1 amide bonds. The highest BCUT2D eigenvalue weighted by Gasteiger charge is 2.32. The van der Waals surface area contributed by atoms with Crippen molar-refractivity contribution in [2.45, 2.75) is 45.6 Å². The minimum atomic E-state index is -0.389. The molecule has 92 valence electrons. The van der Waals surface area contributed by atoms with E-state index in [0.29, 0.717) is 19.6 Å². The first-order valence-electron chi connectivity index (χ1n) is 5.61. The summed E-state index contributed by atoms with van der Waals surface area (Å²) < 4.78 is 17.5. The number of nitrogens with one attached hydrogen (secondary N) is 1. The first-order valence-corrected chi connectivity index (χ1v) is 5.61. The number of carbonyl (C=O) groups is 1. The first kappa shape index (κ1) is 14.4. The molecular weight excluding hydrogens is 197 g/mol. The van der Waals surface area contributed by atoms with Crippen LogP contribution in [0.2, 0.25) is 0 Å². The number of hydrogen-bond donors (Lipinski definition) is 1. The fraction of sp³-hybridized carbons (Fsp3) is 0.909. The molecule has 1 heterocycles. The van der Waals surface area contributed by atoms with Crippen LogP contribution in [0.25, 0.3) is 0 Å². The van der Waals surface area contributed by atoms with Crippen LogP contribution >= 0.6 is 0 Å². The average molecular weight is 221 g/mol. The van der Waals surface area contributed by atoms with Gasteiger partial charge in [-0.05, 0) is 19.3 Å². The highest BCUT2D eigenvalue weighted by atomic mass is 19.1. The van der Waals surface area contributed by atoms with E-state index in [1.54, 1.807) is 0 Å². The number of hydrogen-bond acceptors (Lipinski definition) is 2. The number of halogens is 1. The Bertz CT molecular complexity index is 179. The standard InChI is InChI=1S/C9H16FNO2.C2H6.H2/c1-8(12)11-9(2-5-10)3-6-13-7-4-9;1-2;/h2-7H2,1H3,(H,11,12);1-2H3;1H. The van der Waals surface area contributed by atoms with E-state index in [9.17, 15) is 9.18 Å². The van der Waals surface area contributed by atoms with Crippen LogP contribution in [0.1, 0.15) is 41.5 Å². The van der Waals surface area contributed by atoms with Gasteiger partial charge in [0, 0.05) is 27.1 Å². The number of alkyl halides is 1. The molecule has 0 aliphatic carbocycles. The molecule has 1 aliphatic heterocycles. The van der Waals surface area contributed by atoms with Gasteiger partial charge in [0.1, 0.15) is 0 Å². The second-order valence-electron chi connectivity index (χ2n) is 3.51. The molecule has 0 bridgehead atoms. The lowest BCUT2D eigenvalue weighted by Gasteiger charge is -2.37. The Morgan fingerprint density at radius 3 is 2.40 bits per heavy atom. The molecule has 0 unspecified atom stereocenters. The lowest BCUT2D eigenvalue weighted by Crippen LogP contribution is -2.51. The number of amides is 1. The van der Waals surface area contributed by atoms with Crippen molar-refractivity contribution in [2.24, 2.45) is 0 Å². The predicted molar refractivity (Wildman–Crippen MR) is 60.7 cm³/mol. The van der Waals surface area contributed by atoms with Crippen LogP contribution in [0.4, 0.5) is 4.39 Å². The molecule has 0 radical (unpaired) electrons. The van der Waals surface area contributed by atoms with Gasteiger partial charge in [-0.2, -0.15) is 0 Å². The van der Waals surface area contributed by atoms with Crippen LogP contribution in [0.15, 0.2) is 0 Å². The molecule has 4 heteroatoms. The van der Waals surface area contributed by atoms with Gasteiger partial charge in [0.05, 0.1) is 6.67 Å². The topological polar surface area (TPSA) is 38.3 Å². The van der Waals surface area contributed by atoms with Crippen LogP contribution in [-0.4, -0.2) is 31.3 Å². The van der Waals surface area contributed by atoms with Gasteiger partial charge in [-0.25, -0.2) is 0 Å². The smallest absolute Gasteiger partial charge is 0.217 e. The summed E-state index contributed by atoms with van der Waals surface area (Å²) in [5.41, 5.74) is -0.348. The third-order valence-corrected chi connectivity index (χ3v) is 2.46. The molecule has 3 nitrogen and oxygen atoms in total. The van der Waals surface area contributed by atoms with Gasteiger partial charge >= 0.3 is 0 Å². The third kappa shape index (κ3) is 5.11. The molecule has 0 atom stereocenters. The summed E-state index contributed by atoms with van der Waals surface area (Å²) in [6, 6.07) is 0. The number of ether oxygens (including phenoxy) is 1. The molecule has 0 spiro atoms. The van der Waals surface area contributed by atoms with Gasteiger partial charge in [-0.15, -0.1) is 0 Å². The summed E-state index contributed by atoms with van der Waals surface area (Å²) in [6.45, 7) is 6.30. The van der Waals surface area contributed by atoms with E-state index in [1.807, 2.05) is 13.8 Å². The third-order valence-electron chi connectivity index (χ3n) is 2.46. The van der Waals surface area contributed by atoms with Crippen LogP contribution in [0.3, 0.4) is 0 Å². The van der Waals surface area contributed by atoms with E-state index >= 15 is 0 Å². The molecule has 0 aromatic heterocycles. The highest BCUT2D eigenvalue weighted by molar-refractivity contribution is 5.73. The molecule has 0 saturated carbocycles. The van der Waals surface area contributed by atoms with Gasteiger partial charge in [-0.1, -0.05) is 13.8 Å². The van der Waals surface area contributed by atoms with Crippen LogP contribution in [-0.2, 0) is 9.53 Å². The summed E-state index contributed by atoms with van der Waals surface area (Å²) in [7, 11) is 0. The van der Waals surface area contributed by atoms with Crippen molar-refractivity contribution in [1.82, 2.24) is 5.32 Å². The fourth-order valence-electron chi connectivity index (χ4n) is 1.75. The SMILES string of the molecule is CC.CC(=O)NC1(CCF)CCOCC1.[HH]. The minimum Gasteiger partial charge on any atom is -0.381 e. The average Bonchev–Trinajstić information content (AvgIpc) is 2.21.